The minimum absolute atomic E-state index is 0.0301. The summed E-state index contributed by atoms with van der Waals surface area (Å²) < 4.78 is 13.3. The Morgan fingerprint density at radius 3 is 2.40 bits per heavy atom. The van der Waals surface area contributed by atoms with Gasteiger partial charge in [-0.05, 0) is 31.0 Å². The summed E-state index contributed by atoms with van der Waals surface area (Å²) in [6, 6.07) is 10.6. The van der Waals surface area contributed by atoms with Gasteiger partial charge in [-0.3, -0.25) is 4.79 Å². The van der Waals surface area contributed by atoms with E-state index in [0.29, 0.717) is 12.0 Å². The molecule has 0 aromatic heterocycles. The van der Waals surface area contributed by atoms with Crippen LogP contribution in [-0.4, -0.2) is 5.78 Å². The SMILES string of the molecule is Cc1cc(C)cc(CC(=O)Cc2cccc(F)c2Cl)c1. The van der Waals surface area contributed by atoms with E-state index in [1.54, 1.807) is 12.1 Å². The van der Waals surface area contributed by atoms with Crippen molar-refractivity contribution in [2.24, 2.45) is 0 Å². The minimum atomic E-state index is -0.483. The molecule has 0 spiro atoms. The lowest BCUT2D eigenvalue weighted by atomic mass is 10.00. The van der Waals surface area contributed by atoms with Gasteiger partial charge in [0.05, 0.1) is 5.02 Å². The molecular formula is C17H16ClFO. The van der Waals surface area contributed by atoms with Crippen LogP contribution in [0.5, 0.6) is 0 Å². The van der Waals surface area contributed by atoms with Crippen molar-refractivity contribution in [3.63, 3.8) is 0 Å². The largest absolute Gasteiger partial charge is 0.299 e. The standard InChI is InChI=1S/C17H16ClFO/c1-11-6-12(2)8-13(7-11)9-15(20)10-14-4-3-5-16(19)17(14)18/h3-8H,9-10H2,1-2H3. The molecular weight excluding hydrogens is 275 g/mol. The first-order valence-electron chi connectivity index (χ1n) is 6.47. The summed E-state index contributed by atoms with van der Waals surface area (Å²) in [5.74, 6) is -0.453. The first kappa shape index (κ1) is 14.7. The summed E-state index contributed by atoms with van der Waals surface area (Å²) >= 11 is 5.86. The number of hydrogen-bond acceptors (Lipinski definition) is 1. The highest BCUT2D eigenvalue weighted by Crippen LogP contribution is 2.21. The molecule has 0 aliphatic rings. The molecule has 104 valence electrons. The van der Waals surface area contributed by atoms with Crippen LogP contribution in [0.1, 0.15) is 22.3 Å². The van der Waals surface area contributed by atoms with Gasteiger partial charge in [-0.15, -0.1) is 0 Å². The van der Waals surface area contributed by atoms with Crippen LogP contribution in [0.15, 0.2) is 36.4 Å². The third-order valence-electron chi connectivity index (χ3n) is 3.10. The molecule has 0 fully saturated rings. The highest BCUT2D eigenvalue weighted by atomic mass is 35.5. The van der Waals surface area contributed by atoms with Gasteiger partial charge in [0.25, 0.3) is 0 Å². The molecule has 2 aromatic rings. The van der Waals surface area contributed by atoms with Crippen molar-refractivity contribution in [2.75, 3.05) is 0 Å². The van der Waals surface area contributed by atoms with Crippen LogP contribution in [0, 0.1) is 19.7 Å². The molecule has 0 aliphatic carbocycles. The Morgan fingerprint density at radius 1 is 1.10 bits per heavy atom. The Hall–Kier alpha value is -1.67. The van der Waals surface area contributed by atoms with Crippen LogP contribution < -0.4 is 0 Å². The number of hydrogen-bond donors (Lipinski definition) is 0. The summed E-state index contributed by atoms with van der Waals surface area (Å²) in [6.07, 6.45) is 0.499. The Balaban J connectivity index is 2.11. The number of carbonyl (C=O) groups is 1. The highest BCUT2D eigenvalue weighted by molar-refractivity contribution is 6.31. The fourth-order valence-corrected chi connectivity index (χ4v) is 2.55. The van der Waals surface area contributed by atoms with E-state index in [1.807, 2.05) is 26.0 Å². The number of Topliss-reactive ketones (excluding diaryl/α,β-unsaturated/α-hetero) is 1. The Kier molecular flexibility index (Phi) is 4.56. The average molecular weight is 291 g/mol. The second kappa shape index (κ2) is 6.19. The topological polar surface area (TPSA) is 17.1 Å². The molecule has 0 radical (unpaired) electrons. The minimum Gasteiger partial charge on any atom is -0.299 e. The van der Waals surface area contributed by atoms with Gasteiger partial charge in [0.2, 0.25) is 0 Å². The van der Waals surface area contributed by atoms with Crippen molar-refractivity contribution in [3.05, 3.63) is 69.5 Å². The second-order valence-corrected chi connectivity index (χ2v) is 5.48. The van der Waals surface area contributed by atoms with Crippen molar-refractivity contribution >= 4 is 17.4 Å². The molecule has 0 heterocycles. The lowest BCUT2D eigenvalue weighted by Crippen LogP contribution is -2.07. The lowest BCUT2D eigenvalue weighted by Gasteiger charge is -2.06. The molecule has 3 heteroatoms. The predicted molar refractivity (Wildman–Crippen MR) is 79.7 cm³/mol. The summed E-state index contributed by atoms with van der Waals surface area (Å²) in [7, 11) is 0. The maximum Gasteiger partial charge on any atom is 0.142 e. The zero-order valence-corrected chi connectivity index (χ0v) is 12.3. The van der Waals surface area contributed by atoms with Gasteiger partial charge >= 0.3 is 0 Å². The fourth-order valence-electron chi connectivity index (χ4n) is 2.36. The first-order valence-corrected chi connectivity index (χ1v) is 6.85. The van der Waals surface area contributed by atoms with E-state index in [1.165, 1.54) is 6.07 Å². The van der Waals surface area contributed by atoms with Gasteiger partial charge in [0.1, 0.15) is 11.6 Å². The maximum atomic E-state index is 13.3. The average Bonchev–Trinajstić information content (AvgIpc) is 2.33. The predicted octanol–water partition coefficient (Wildman–Crippen LogP) is 4.45. The number of ketones is 1. The molecule has 2 rings (SSSR count). The summed E-state index contributed by atoms with van der Waals surface area (Å²) in [5.41, 5.74) is 3.80. The van der Waals surface area contributed by atoms with Gasteiger partial charge in [-0.1, -0.05) is 53.1 Å². The van der Waals surface area contributed by atoms with Gasteiger partial charge in [-0.2, -0.15) is 0 Å². The number of aryl methyl sites for hydroxylation is 2. The van der Waals surface area contributed by atoms with Crippen molar-refractivity contribution in [1.82, 2.24) is 0 Å². The van der Waals surface area contributed by atoms with E-state index < -0.39 is 5.82 Å². The second-order valence-electron chi connectivity index (χ2n) is 5.10. The third kappa shape index (κ3) is 3.67. The van der Waals surface area contributed by atoms with Crippen LogP contribution >= 0.6 is 11.6 Å². The molecule has 0 aliphatic heterocycles. The van der Waals surface area contributed by atoms with Gasteiger partial charge in [-0.25, -0.2) is 4.39 Å². The molecule has 0 saturated heterocycles. The van der Waals surface area contributed by atoms with Gasteiger partial charge in [0.15, 0.2) is 0 Å². The normalized spacial score (nSPS) is 10.6. The molecule has 0 bridgehead atoms. The number of benzene rings is 2. The molecule has 1 nitrogen and oxygen atoms in total. The van der Waals surface area contributed by atoms with E-state index >= 15 is 0 Å². The van der Waals surface area contributed by atoms with E-state index in [-0.39, 0.29) is 17.2 Å². The van der Waals surface area contributed by atoms with Crippen molar-refractivity contribution in [3.8, 4) is 0 Å². The van der Waals surface area contributed by atoms with Crippen LogP contribution in [-0.2, 0) is 17.6 Å². The summed E-state index contributed by atoms with van der Waals surface area (Å²) in [5, 5.41) is 0.0428. The van der Waals surface area contributed by atoms with E-state index in [9.17, 15) is 9.18 Å². The zero-order chi connectivity index (χ0) is 14.7. The highest BCUT2D eigenvalue weighted by Gasteiger charge is 2.11. The monoisotopic (exact) mass is 290 g/mol. The summed E-state index contributed by atoms with van der Waals surface area (Å²) in [6.45, 7) is 4.01. The van der Waals surface area contributed by atoms with Gasteiger partial charge < -0.3 is 0 Å². The van der Waals surface area contributed by atoms with Crippen molar-refractivity contribution < 1.29 is 9.18 Å². The molecule has 0 N–H and O–H groups in total. The van der Waals surface area contributed by atoms with Crippen molar-refractivity contribution in [2.45, 2.75) is 26.7 Å². The Morgan fingerprint density at radius 2 is 1.75 bits per heavy atom. The van der Waals surface area contributed by atoms with Crippen LogP contribution in [0.2, 0.25) is 5.02 Å². The molecule has 0 saturated carbocycles. The molecule has 0 atom stereocenters. The molecule has 0 amide bonds. The lowest BCUT2D eigenvalue weighted by molar-refractivity contribution is -0.117. The Bertz CT molecular complexity index is 629. The summed E-state index contributed by atoms with van der Waals surface area (Å²) in [4.78, 5) is 12.1. The van der Waals surface area contributed by atoms with Crippen LogP contribution in [0.25, 0.3) is 0 Å². The fraction of sp³-hybridized carbons (Fsp3) is 0.235. The number of halogens is 2. The van der Waals surface area contributed by atoms with E-state index in [4.69, 9.17) is 11.6 Å². The number of rotatable bonds is 4. The van der Waals surface area contributed by atoms with Crippen LogP contribution in [0.3, 0.4) is 0 Å². The van der Waals surface area contributed by atoms with E-state index in [2.05, 4.69) is 6.07 Å². The Labute approximate surface area is 123 Å². The third-order valence-corrected chi connectivity index (χ3v) is 3.53. The number of carbonyl (C=O) groups excluding carboxylic acids is 1. The van der Waals surface area contributed by atoms with Crippen LogP contribution in [0.4, 0.5) is 4.39 Å². The molecule has 2 aromatic carbocycles. The quantitative estimate of drug-likeness (QED) is 0.813. The first-order chi connectivity index (χ1) is 9.45. The van der Waals surface area contributed by atoms with Crippen molar-refractivity contribution in [1.29, 1.82) is 0 Å². The zero-order valence-electron chi connectivity index (χ0n) is 11.5. The maximum absolute atomic E-state index is 13.3. The molecule has 0 unspecified atom stereocenters. The van der Waals surface area contributed by atoms with Gasteiger partial charge in [0, 0.05) is 12.8 Å². The molecule has 20 heavy (non-hydrogen) atoms. The van der Waals surface area contributed by atoms with E-state index in [0.717, 1.165) is 16.7 Å². The smallest absolute Gasteiger partial charge is 0.142 e.